The minimum atomic E-state index is -0.664. The molecule has 1 saturated heterocycles. The van der Waals surface area contributed by atoms with Gasteiger partial charge in [-0.25, -0.2) is 0 Å². The molecule has 1 aliphatic heterocycles. The third-order valence-electron chi connectivity index (χ3n) is 4.08. The van der Waals surface area contributed by atoms with E-state index in [0.29, 0.717) is 25.5 Å². The Hall–Kier alpha value is -2.16. The van der Waals surface area contributed by atoms with Crippen LogP contribution in [-0.4, -0.2) is 49.6 Å². The Morgan fingerprint density at radius 3 is 2.68 bits per heavy atom. The monoisotopic (exact) mass is 363 g/mol. The van der Waals surface area contributed by atoms with E-state index in [4.69, 9.17) is 9.15 Å². The Labute approximate surface area is 149 Å². The first-order valence-corrected chi connectivity index (χ1v) is 9.10. The second kappa shape index (κ2) is 8.80. The molecule has 0 aliphatic carbocycles. The molecule has 1 unspecified atom stereocenters. The molecule has 2 amide bonds. The summed E-state index contributed by atoms with van der Waals surface area (Å²) >= 11 is 1.62. The minimum Gasteiger partial charge on any atom is -0.467 e. The average molecular weight is 363 g/mol. The van der Waals surface area contributed by atoms with E-state index in [0.717, 1.165) is 18.7 Å². The SMILES string of the molecule is O=C(NCc1ccco1)C(=O)NCC(c1ccsc1)N1CCOCC1. The molecule has 8 heteroatoms. The largest absolute Gasteiger partial charge is 0.467 e. The Kier molecular flexibility index (Phi) is 6.21. The number of nitrogens with zero attached hydrogens (tertiary/aromatic N) is 1. The van der Waals surface area contributed by atoms with Crippen LogP contribution < -0.4 is 10.6 Å². The molecule has 0 bridgehead atoms. The first kappa shape index (κ1) is 17.7. The van der Waals surface area contributed by atoms with Gasteiger partial charge in [-0.05, 0) is 34.5 Å². The number of hydrogen-bond acceptors (Lipinski definition) is 6. The van der Waals surface area contributed by atoms with Crippen LogP contribution in [0, 0.1) is 0 Å². The van der Waals surface area contributed by atoms with Gasteiger partial charge in [0.15, 0.2) is 0 Å². The summed E-state index contributed by atoms with van der Waals surface area (Å²) in [6.45, 7) is 3.54. The van der Waals surface area contributed by atoms with Gasteiger partial charge in [0.05, 0.1) is 32.1 Å². The number of amides is 2. The summed E-state index contributed by atoms with van der Waals surface area (Å²) in [5, 5.41) is 9.37. The Balaban J connectivity index is 1.52. The molecule has 1 atom stereocenters. The van der Waals surface area contributed by atoms with Crippen LogP contribution in [0.25, 0.3) is 0 Å². The molecule has 134 valence electrons. The average Bonchev–Trinajstić information content (AvgIpc) is 3.34. The van der Waals surface area contributed by atoms with Crippen molar-refractivity contribution >= 4 is 23.2 Å². The van der Waals surface area contributed by atoms with Gasteiger partial charge in [0.25, 0.3) is 0 Å². The maximum absolute atomic E-state index is 12.1. The van der Waals surface area contributed by atoms with Crippen molar-refractivity contribution in [2.75, 3.05) is 32.8 Å². The van der Waals surface area contributed by atoms with Crippen molar-refractivity contribution < 1.29 is 18.7 Å². The van der Waals surface area contributed by atoms with E-state index in [1.54, 1.807) is 23.5 Å². The van der Waals surface area contributed by atoms with Crippen molar-refractivity contribution in [3.05, 3.63) is 46.5 Å². The smallest absolute Gasteiger partial charge is 0.309 e. The number of rotatable bonds is 6. The number of ether oxygens (including phenoxy) is 1. The molecule has 7 nitrogen and oxygen atoms in total. The van der Waals surface area contributed by atoms with E-state index < -0.39 is 11.8 Å². The lowest BCUT2D eigenvalue weighted by atomic mass is 10.1. The van der Waals surface area contributed by atoms with E-state index in [-0.39, 0.29) is 12.6 Å². The molecular weight excluding hydrogens is 342 g/mol. The first-order valence-electron chi connectivity index (χ1n) is 8.16. The van der Waals surface area contributed by atoms with Gasteiger partial charge >= 0.3 is 11.8 Å². The zero-order valence-corrected chi connectivity index (χ0v) is 14.6. The standard InChI is InChI=1S/C17H21N3O4S/c21-16(18-10-14-2-1-6-24-14)17(22)19-11-15(13-3-9-25-12-13)20-4-7-23-8-5-20/h1-3,6,9,12,15H,4-5,7-8,10-11H2,(H,18,21)(H,19,22). The lowest BCUT2D eigenvalue weighted by Crippen LogP contribution is -2.46. The van der Waals surface area contributed by atoms with Crippen LogP contribution in [0.4, 0.5) is 0 Å². The predicted molar refractivity (Wildman–Crippen MR) is 93.0 cm³/mol. The highest BCUT2D eigenvalue weighted by atomic mass is 32.1. The molecule has 3 heterocycles. The number of carbonyl (C=O) groups is 2. The molecule has 0 radical (unpaired) electrons. The lowest BCUT2D eigenvalue weighted by molar-refractivity contribution is -0.139. The molecule has 1 aliphatic rings. The van der Waals surface area contributed by atoms with E-state index in [1.807, 2.05) is 11.4 Å². The van der Waals surface area contributed by atoms with Gasteiger partial charge in [0, 0.05) is 19.6 Å². The van der Waals surface area contributed by atoms with Gasteiger partial charge in [-0.1, -0.05) is 0 Å². The highest BCUT2D eigenvalue weighted by Crippen LogP contribution is 2.23. The molecule has 2 N–H and O–H groups in total. The summed E-state index contributed by atoms with van der Waals surface area (Å²) in [4.78, 5) is 26.3. The Morgan fingerprint density at radius 1 is 1.20 bits per heavy atom. The summed E-state index contributed by atoms with van der Waals surface area (Å²) in [7, 11) is 0. The van der Waals surface area contributed by atoms with Gasteiger partial charge < -0.3 is 19.8 Å². The fourth-order valence-corrected chi connectivity index (χ4v) is 3.45. The van der Waals surface area contributed by atoms with Gasteiger partial charge in [0.2, 0.25) is 0 Å². The van der Waals surface area contributed by atoms with Crippen LogP contribution in [0.15, 0.2) is 39.6 Å². The molecule has 0 aromatic carbocycles. The summed E-state index contributed by atoms with van der Waals surface area (Å²) in [5.74, 6) is -0.701. The zero-order valence-electron chi connectivity index (χ0n) is 13.8. The quantitative estimate of drug-likeness (QED) is 0.752. The van der Waals surface area contributed by atoms with Crippen molar-refractivity contribution in [1.29, 1.82) is 0 Å². The normalized spacial score (nSPS) is 16.3. The highest BCUT2D eigenvalue weighted by Gasteiger charge is 2.24. The maximum atomic E-state index is 12.1. The van der Waals surface area contributed by atoms with Crippen molar-refractivity contribution in [1.82, 2.24) is 15.5 Å². The van der Waals surface area contributed by atoms with Crippen molar-refractivity contribution in [2.45, 2.75) is 12.6 Å². The van der Waals surface area contributed by atoms with Crippen LogP contribution in [-0.2, 0) is 20.9 Å². The molecule has 0 spiro atoms. The number of furan rings is 1. The number of nitrogens with one attached hydrogen (secondary N) is 2. The summed E-state index contributed by atoms with van der Waals surface area (Å²) in [5.41, 5.74) is 1.14. The Bertz CT molecular complexity index is 666. The van der Waals surface area contributed by atoms with Crippen molar-refractivity contribution in [3.8, 4) is 0 Å². The van der Waals surface area contributed by atoms with E-state index in [9.17, 15) is 9.59 Å². The van der Waals surface area contributed by atoms with E-state index in [1.165, 1.54) is 6.26 Å². The predicted octanol–water partition coefficient (Wildman–Crippen LogP) is 1.15. The molecular formula is C17H21N3O4S. The van der Waals surface area contributed by atoms with Gasteiger partial charge in [-0.15, -0.1) is 0 Å². The second-order valence-corrected chi connectivity index (χ2v) is 6.47. The van der Waals surface area contributed by atoms with Crippen LogP contribution >= 0.6 is 11.3 Å². The fourth-order valence-electron chi connectivity index (χ4n) is 2.74. The zero-order chi connectivity index (χ0) is 17.5. The number of carbonyl (C=O) groups excluding carboxylic acids is 2. The molecule has 3 rings (SSSR count). The maximum Gasteiger partial charge on any atom is 0.309 e. The molecule has 1 fully saturated rings. The van der Waals surface area contributed by atoms with Crippen LogP contribution in [0.5, 0.6) is 0 Å². The van der Waals surface area contributed by atoms with Crippen LogP contribution in [0.2, 0.25) is 0 Å². The van der Waals surface area contributed by atoms with Gasteiger partial charge in [0.1, 0.15) is 5.76 Å². The molecule has 0 saturated carbocycles. The van der Waals surface area contributed by atoms with Crippen LogP contribution in [0.3, 0.4) is 0 Å². The van der Waals surface area contributed by atoms with Crippen molar-refractivity contribution in [3.63, 3.8) is 0 Å². The van der Waals surface area contributed by atoms with Gasteiger partial charge in [-0.2, -0.15) is 11.3 Å². The first-order chi connectivity index (χ1) is 12.2. The summed E-state index contributed by atoms with van der Waals surface area (Å²) < 4.78 is 10.5. The molecule has 2 aromatic heterocycles. The number of morpholine rings is 1. The third kappa shape index (κ3) is 4.91. The number of thiophene rings is 1. The molecule has 2 aromatic rings. The molecule has 25 heavy (non-hydrogen) atoms. The van der Waals surface area contributed by atoms with Gasteiger partial charge in [-0.3, -0.25) is 14.5 Å². The fraction of sp³-hybridized carbons (Fsp3) is 0.412. The summed E-state index contributed by atoms with van der Waals surface area (Å²) in [6.07, 6.45) is 1.52. The summed E-state index contributed by atoms with van der Waals surface area (Å²) in [6, 6.07) is 5.56. The van der Waals surface area contributed by atoms with E-state index in [2.05, 4.69) is 20.9 Å². The van der Waals surface area contributed by atoms with E-state index >= 15 is 0 Å². The highest BCUT2D eigenvalue weighted by molar-refractivity contribution is 7.07. The number of hydrogen-bond donors (Lipinski definition) is 2. The Morgan fingerprint density at radius 2 is 2.00 bits per heavy atom. The topological polar surface area (TPSA) is 83.8 Å². The van der Waals surface area contributed by atoms with Crippen molar-refractivity contribution in [2.24, 2.45) is 0 Å². The second-order valence-electron chi connectivity index (χ2n) is 5.69. The lowest BCUT2D eigenvalue weighted by Gasteiger charge is -2.34. The third-order valence-corrected chi connectivity index (χ3v) is 4.78. The van der Waals surface area contributed by atoms with Crippen LogP contribution in [0.1, 0.15) is 17.4 Å². The minimum absolute atomic E-state index is 0.0389.